The van der Waals surface area contributed by atoms with E-state index in [2.05, 4.69) is 10.9 Å². The van der Waals surface area contributed by atoms with Crippen LogP contribution < -0.4 is 15.6 Å². The van der Waals surface area contributed by atoms with Gasteiger partial charge in [0, 0.05) is 5.56 Å². The van der Waals surface area contributed by atoms with Crippen molar-refractivity contribution in [2.75, 3.05) is 0 Å². The maximum atomic E-state index is 13.0. The molecule has 0 radical (unpaired) electrons. The molecule has 2 aromatic carbocycles. The van der Waals surface area contributed by atoms with Crippen LogP contribution in [0.4, 0.5) is 0 Å². The van der Waals surface area contributed by atoms with Crippen molar-refractivity contribution in [3.63, 3.8) is 0 Å². The van der Waals surface area contributed by atoms with Crippen molar-refractivity contribution in [1.82, 2.24) is 10.9 Å². The smallest absolute Gasteiger partial charge is 0.269 e. The van der Waals surface area contributed by atoms with Crippen molar-refractivity contribution in [2.45, 2.75) is 38.5 Å². The van der Waals surface area contributed by atoms with Crippen molar-refractivity contribution in [3.8, 4) is 11.5 Å². The van der Waals surface area contributed by atoms with E-state index in [0.29, 0.717) is 34.8 Å². The molecule has 0 spiro atoms. The molecule has 4 saturated carbocycles. The summed E-state index contributed by atoms with van der Waals surface area (Å²) in [6.45, 7) is 0. The molecule has 6 rings (SSSR count). The third-order valence-electron chi connectivity index (χ3n) is 6.88. The number of amides is 2. The van der Waals surface area contributed by atoms with Gasteiger partial charge in [0.2, 0.25) is 5.91 Å². The van der Waals surface area contributed by atoms with Crippen LogP contribution in [0.5, 0.6) is 11.5 Å². The monoisotopic (exact) mass is 390 g/mol. The van der Waals surface area contributed by atoms with E-state index in [1.54, 1.807) is 24.3 Å². The number of para-hydroxylation sites is 1. The molecule has 2 N–H and O–H groups in total. The molecule has 0 heterocycles. The molecule has 4 fully saturated rings. The van der Waals surface area contributed by atoms with Gasteiger partial charge in [0.15, 0.2) is 0 Å². The average Bonchev–Trinajstić information content (AvgIpc) is 2.72. The normalized spacial score (nSPS) is 29.3. The van der Waals surface area contributed by atoms with Crippen LogP contribution in [0.1, 0.15) is 48.9 Å². The highest BCUT2D eigenvalue weighted by atomic mass is 16.5. The molecule has 4 aliphatic carbocycles. The highest BCUT2D eigenvalue weighted by molar-refractivity contribution is 5.96. The van der Waals surface area contributed by atoms with E-state index in [4.69, 9.17) is 4.74 Å². The third-order valence-corrected chi connectivity index (χ3v) is 6.88. The van der Waals surface area contributed by atoms with E-state index in [0.717, 1.165) is 19.3 Å². The van der Waals surface area contributed by atoms with Crippen molar-refractivity contribution in [2.24, 2.45) is 23.2 Å². The van der Waals surface area contributed by atoms with E-state index in [-0.39, 0.29) is 17.2 Å². The summed E-state index contributed by atoms with van der Waals surface area (Å²) in [6, 6.07) is 16.4. The minimum Gasteiger partial charge on any atom is -0.457 e. The van der Waals surface area contributed by atoms with Gasteiger partial charge in [0.1, 0.15) is 11.5 Å². The van der Waals surface area contributed by atoms with Gasteiger partial charge >= 0.3 is 0 Å². The van der Waals surface area contributed by atoms with Crippen molar-refractivity contribution >= 4 is 11.8 Å². The summed E-state index contributed by atoms with van der Waals surface area (Å²) < 4.78 is 5.79. The summed E-state index contributed by atoms with van der Waals surface area (Å²) in [5, 5.41) is 0. The second-order valence-electron chi connectivity index (χ2n) is 9.05. The molecule has 29 heavy (non-hydrogen) atoms. The second-order valence-corrected chi connectivity index (χ2v) is 9.05. The summed E-state index contributed by atoms with van der Waals surface area (Å²) in [5.74, 6) is 3.01. The van der Waals surface area contributed by atoms with Gasteiger partial charge in [-0.2, -0.15) is 0 Å². The Morgan fingerprint density at radius 3 is 2.07 bits per heavy atom. The van der Waals surface area contributed by atoms with Crippen molar-refractivity contribution in [3.05, 3.63) is 60.2 Å². The van der Waals surface area contributed by atoms with Crippen LogP contribution in [0.25, 0.3) is 0 Å². The first-order valence-electron chi connectivity index (χ1n) is 10.5. The molecule has 0 saturated heterocycles. The maximum Gasteiger partial charge on any atom is 0.269 e. The lowest BCUT2D eigenvalue weighted by Gasteiger charge is -2.55. The first kappa shape index (κ1) is 18.2. The first-order valence-corrected chi connectivity index (χ1v) is 10.5. The number of rotatable bonds is 4. The molecule has 0 atom stereocenters. The second kappa shape index (κ2) is 7.21. The number of carbonyl (C=O) groups is 2. The fourth-order valence-electron chi connectivity index (χ4n) is 6.03. The van der Waals surface area contributed by atoms with Gasteiger partial charge in [-0.25, -0.2) is 0 Å². The lowest BCUT2D eigenvalue weighted by molar-refractivity contribution is -0.147. The van der Waals surface area contributed by atoms with Gasteiger partial charge in [-0.1, -0.05) is 24.3 Å². The number of carbonyl (C=O) groups excluding carboxylic acids is 2. The zero-order valence-electron chi connectivity index (χ0n) is 16.4. The minimum absolute atomic E-state index is 0.0124. The Bertz CT molecular complexity index is 889. The Kier molecular flexibility index (Phi) is 4.53. The Hall–Kier alpha value is -2.82. The predicted molar refractivity (Wildman–Crippen MR) is 109 cm³/mol. The molecular weight excluding hydrogens is 364 g/mol. The zero-order valence-corrected chi connectivity index (χ0v) is 16.4. The third kappa shape index (κ3) is 3.61. The number of hydrazine groups is 1. The average molecular weight is 390 g/mol. The topological polar surface area (TPSA) is 67.4 Å². The van der Waals surface area contributed by atoms with Gasteiger partial charge in [-0.3, -0.25) is 20.4 Å². The summed E-state index contributed by atoms with van der Waals surface area (Å²) >= 11 is 0. The largest absolute Gasteiger partial charge is 0.457 e. The van der Waals surface area contributed by atoms with Crippen LogP contribution in [0.2, 0.25) is 0 Å². The molecule has 0 aromatic heterocycles. The lowest BCUT2D eigenvalue weighted by Crippen LogP contribution is -2.56. The standard InChI is InChI=1S/C24H26N2O3/c27-22(19-5-4-8-21(12-19)29-20-6-2-1-3-7-20)25-26-23(28)24-13-16-9-17(14-24)11-18(10-16)15-24/h1-8,12,16-18H,9-11,13-15H2,(H,25,27)(H,26,28). The Balaban J connectivity index is 1.22. The Morgan fingerprint density at radius 1 is 0.793 bits per heavy atom. The molecule has 2 aromatic rings. The molecule has 4 bridgehead atoms. The number of benzene rings is 2. The van der Waals surface area contributed by atoms with E-state index in [9.17, 15) is 9.59 Å². The van der Waals surface area contributed by atoms with Crippen LogP contribution in [0.3, 0.4) is 0 Å². The van der Waals surface area contributed by atoms with Gasteiger partial charge in [0.05, 0.1) is 5.41 Å². The molecule has 0 unspecified atom stereocenters. The number of hydrogen-bond donors (Lipinski definition) is 2. The van der Waals surface area contributed by atoms with Gasteiger partial charge < -0.3 is 4.74 Å². The summed E-state index contributed by atoms with van der Waals surface area (Å²) in [5.41, 5.74) is 5.52. The van der Waals surface area contributed by atoms with Crippen LogP contribution in [0.15, 0.2) is 54.6 Å². The predicted octanol–water partition coefficient (Wildman–Crippen LogP) is 4.46. The maximum absolute atomic E-state index is 13.0. The van der Waals surface area contributed by atoms with E-state index < -0.39 is 0 Å². The van der Waals surface area contributed by atoms with Crippen LogP contribution in [0, 0.1) is 23.2 Å². The van der Waals surface area contributed by atoms with Gasteiger partial charge in [-0.15, -0.1) is 0 Å². The van der Waals surface area contributed by atoms with E-state index in [1.807, 2.05) is 30.3 Å². The zero-order chi connectivity index (χ0) is 19.8. The summed E-state index contributed by atoms with van der Waals surface area (Å²) in [4.78, 5) is 25.6. The molecule has 5 nitrogen and oxygen atoms in total. The molecule has 5 heteroatoms. The number of hydrogen-bond acceptors (Lipinski definition) is 3. The van der Waals surface area contributed by atoms with Crippen LogP contribution in [-0.2, 0) is 4.79 Å². The van der Waals surface area contributed by atoms with Gasteiger partial charge in [-0.05, 0) is 86.6 Å². The number of nitrogens with one attached hydrogen (secondary N) is 2. The first-order chi connectivity index (χ1) is 14.1. The minimum atomic E-state index is -0.332. The fraction of sp³-hybridized carbons (Fsp3) is 0.417. The highest BCUT2D eigenvalue weighted by Gasteiger charge is 2.54. The van der Waals surface area contributed by atoms with Crippen LogP contribution >= 0.6 is 0 Å². The quantitative estimate of drug-likeness (QED) is 0.758. The molecule has 2 amide bonds. The van der Waals surface area contributed by atoms with E-state index in [1.165, 1.54) is 19.3 Å². The van der Waals surface area contributed by atoms with E-state index >= 15 is 0 Å². The van der Waals surface area contributed by atoms with Crippen LogP contribution in [-0.4, -0.2) is 11.8 Å². The molecule has 150 valence electrons. The molecular formula is C24H26N2O3. The summed E-state index contributed by atoms with van der Waals surface area (Å²) in [7, 11) is 0. The highest BCUT2D eigenvalue weighted by Crippen LogP contribution is 2.60. The number of ether oxygens (including phenoxy) is 1. The van der Waals surface area contributed by atoms with Crippen molar-refractivity contribution < 1.29 is 14.3 Å². The molecule has 4 aliphatic rings. The molecule has 0 aliphatic heterocycles. The Labute approximate surface area is 170 Å². The van der Waals surface area contributed by atoms with Crippen molar-refractivity contribution in [1.29, 1.82) is 0 Å². The Morgan fingerprint density at radius 2 is 1.41 bits per heavy atom. The fourth-order valence-corrected chi connectivity index (χ4v) is 6.03. The van der Waals surface area contributed by atoms with Gasteiger partial charge in [0.25, 0.3) is 5.91 Å². The SMILES string of the molecule is O=C(NNC(=O)C12CC3CC(CC(C3)C1)C2)c1cccc(Oc2ccccc2)c1. The summed E-state index contributed by atoms with van der Waals surface area (Å²) in [6.07, 6.45) is 6.77. The lowest BCUT2D eigenvalue weighted by atomic mass is 9.49.